The van der Waals surface area contributed by atoms with E-state index in [4.69, 9.17) is 23.2 Å². The maximum absolute atomic E-state index is 12.3. The molecule has 5 nitrogen and oxygen atoms in total. The molecule has 2 aromatic carbocycles. The van der Waals surface area contributed by atoms with Crippen molar-refractivity contribution in [3.8, 4) is 0 Å². The summed E-state index contributed by atoms with van der Waals surface area (Å²) in [4.78, 5) is 26.2. The molecule has 0 aromatic heterocycles. The molecule has 1 unspecified atom stereocenters. The number of likely N-dealkylation sites (N-methyl/N-ethyl adjacent to an activating group) is 1. The van der Waals surface area contributed by atoms with Crippen LogP contribution < -0.4 is 10.6 Å². The van der Waals surface area contributed by atoms with Crippen molar-refractivity contribution in [1.82, 2.24) is 10.2 Å². The van der Waals surface area contributed by atoms with Gasteiger partial charge < -0.3 is 10.6 Å². The van der Waals surface area contributed by atoms with Gasteiger partial charge in [-0.1, -0.05) is 47.5 Å². The van der Waals surface area contributed by atoms with Crippen LogP contribution >= 0.6 is 23.2 Å². The highest BCUT2D eigenvalue weighted by Crippen LogP contribution is 2.29. The number of amides is 2. The Labute approximate surface area is 176 Å². The Morgan fingerprint density at radius 3 is 2.21 bits per heavy atom. The van der Waals surface area contributed by atoms with Gasteiger partial charge in [0.05, 0.1) is 34.9 Å². The number of nitrogens with zero attached hydrogens (tertiary/aromatic N) is 1. The van der Waals surface area contributed by atoms with E-state index in [-0.39, 0.29) is 30.9 Å². The summed E-state index contributed by atoms with van der Waals surface area (Å²) in [5, 5.41) is 6.37. The third-order valence-corrected chi connectivity index (χ3v) is 5.09. The quantitative estimate of drug-likeness (QED) is 0.697. The molecule has 150 valence electrons. The summed E-state index contributed by atoms with van der Waals surface area (Å²) in [6.07, 6.45) is 0. The molecule has 28 heavy (non-hydrogen) atoms. The van der Waals surface area contributed by atoms with Crippen LogP contribution in [0.4, 0.5) is 5.69 Å². The van der Waals surface area contributed by atoms with E-state index in [1.165, 1.54) is 11.1 Å². The minimum atomic E-state index is -0.299. The lowest BCUT2D eigenvalue weighted by atomic mass is 10.0. The topological polar surface area (TPSA) is 61.4 Å². The molecule has 7 heteroatoms. The molecule has 0 saturated heterocycles. The molecule has 1 atom stereocenters. The first-order chi connectivity index (χ1) is 13.2. The van der Waals surface area contributed by atoms with E-state index in [2.05, 4.69) is 23.6 Å². The zero-order valence-corrected chi connectivity index (χ0v) is 18.0. The number of benzene rings is 2. The molecule has 0 aliphatic carbocycles. The summed E-state index contributed by atoms with van der Waals surface area (Å²) in [7, 11) is 1.70. The fourth-order valence-corrected chi connectivity index (χ4v) is 3.24. The average molecular weight is 422 g/mol. The fourth-order valence-electron chi connectivity index (χ4n) is 2.75. The Bertz CT molecular complexity index is 850. The SMILES string of the molecule is Cc1ccc(C(C)NC(=O)CN(C)CC(=O)Nc2c(Cl)cccc2Cl)cc1C. The summed E-state index contributed by atoms with van der Waals surface area (Å²) in [5.74, 6) is -0.454. The number of nitrogens with one attached hydrogen (secondary N) is 2. The molecule has 0 saturated carbocycles. The summed E-state index contributed by atoms with van der Waals surface area (Å²) < 4.78 is 0. The summed E-state index contributed by atoms with van der Waals surface area (Å²) in [6, 6.07) is 11.0. The second kappa shape index (κ2) is 9.92. The van der Waals surface area contributed by atoms with Crippen LogP contribution in [-0.2, 0) is 9.59 Å². The number of aryl methyl sites for hydroxylation is 2. The van der Waals surface area contributed by atoms with Gasteiger partial charge in [0.15, 0.2) is 0 Å². The molecule has 0 aliphatic rings. The van der Waals surface area contributed by atoms with Crippen LogP contribution in [0.2, 0.25) is 10.0 Å². The minimum absolute atomic E-state index is 0.0347. The molecule has 0 aliphatic heterocycles. The van der Waals surface area contributed by atoms with Crippen molar-refractivity contribution in [1.29, 1.82) is 0 Å². The lowest BCUT2D eigenvalue weighted by Gasteiger charge is -2.20. The van der Waals surface area contributed by atoms with Crippen LogP contribution in [0.3, 0.4) is 0 Å². The maximum atomic E-state index is 12.3. The Morgan fingerprint density at radius 1 is 1.00 bits per heavy atom. The Kier molecular flexibility index (Phi) is 7.87. The lowest BCUT2D eigenvalue weighted by molar-refractivity contribution is -0.123. The van der Waals surface area contributed by atoms with E-state index in [1.807, 2.05) is 26.0 Å². The van der Waals surface area contributed by atoms with Gasteiger partial charge >= 0.3 is 0 Å². The van der Waals surface area contributed by atoms with Crippen LogP contribution in [0.1, 0.15) is 29.7 Å². The number of carbonyl (C=O) groups is 2. The van der Waals surface area contributed by atoms with Gasteiger partial charge in [0.25, 0.3) is 0 Å². The van der Waals surface area contributed by atoms with Gasteiger partial charge in [-0.2, -0.15) is 0 Å². The predicted octanol–water partition coefficient (Wildman–Crippen LogP) is 4.36. The number of hydrogen-bond acceptors (Lipinski definition) is 3. The highest BCUT2D eigenvalue weighted by Gasteiger charge is 2.15. The lowest BCUT2D eigenvalue weighted by Crippen LogP contribution is -2.39. The number of anilines is 1. The number of halogens is 2. The maximum Gasteiger partial charge on any atom is 0.238 e. The van der Waals surface area contributed by atoms with Crippen LogP contribution in [-0.4, -0.2) is 36.9 Å². The van der Waals surface area contributed by atoms with Gasteiger partial charge in [0, 0.05) is 0 Å². The fraction of sp³-hybridized carbons (Fsp3) is 0.333. The monoisotopic (exact) mass is 421 g/mol. The summed E-state index contributed by atoms with van der Waals surface area (Å²) in [5.41, 5.74) is 3.82. The zero-order valence-electron chi connectivity index (χ0n) is 16.5. The third-order valence-electron chi connectivity index (χ3n) is 4.46. The smallest absolute Gasteiger partial charge is 0.238 e. The van der Waals surface area contributed by atoms with Gasteiger partial charge in [0.1, 0.15) is 0 Å². The van der Waals surface area contributed by atoms with Crippen LogP contribution in [0.5, 0.6) is 0 Å². The van der Waals surface area contributed by atoms with Crippen molar-refractivity contribution >= 4 is 40.7 Å². The Morgan fingerprint density at radius 2 is 1.61 bits per heavy atom. The van der Waals surface area contributed by atoms with E-state index in [0.29, 0.717) is 15.7 Å². The Balaban J connectivity index is 1.86. The number of para-hydroxylation sites is 1. The average Bonchev–Trinajstić information content (AvgIpc) is 2.60. The molecule has 2 aromatic rings. The van der Waals surface area contributed by atoms with Crippen LogP contribution in [0.15, 0.2) is 36.4 Å². The predicted molar refractivity (Wildman–Crippen MR) is 115 cm³/mol. The van der Waals surface area contributed by atoms with E-state index < -0.39 is 0 Å². The molecular formula is C21H25Cl2N3O2. The second-order valence-electron chi connectivity index (χ2n) is 6.95. The van der Waals surface area contributed by atoms with Crippen LogP contribution in [0, 0.1) is 13.8 Å². The molecule has 0 radical (unpaired) electrons. The summed E-state index contributed by atoms with van der Waals surface area (Å²) >= 11 is 12.1. The third kappa shape index (κ3) is 6.23. The van der Waals surface area contributed by atoms with Crippen molar-refractivity contribution in [3.05, 3.63) is 63.1 Å². The minimum Gasteiger partial charge on any atom is -0.348 e. The van der Waals surface area contributed by atoms with Gasteiger partial charge in [0.2, 0.25) is 11.8 Å². The normalized spacial score (nSPS) is 12.0. The van der Waals surface area contributed by atoms with E-state index >= 15 is 0 Å². The van der Waals surface area contributed by atoms with Crippen molar-refractivity contribution in [2.75, 3.05) is 25.5 Å². The first-order valence-electron chi connectivity index (χ1n) is 8.96. The van der Waals surface area contributed by atoms with Crippen molar-refractivity contribution in [2.24, 2.45) is 0 Å². The molecule has 0 bridgehead atoms. The van der Waals surface area contributed by atoms with Crippen molar-refractivity contribution in [2.45, 2.75) is 26.8 Å². The van der Waals surface area contributed by atoms with Crippen LogP contribution in [0.25, 0.3) is 0 Å². The number of carbonyl (C=O) groups excluding carboxylic acids is 2. The molecule has 0 heterocycles. The van der Waals surface area contributed by atoms with Crippen molar-refractivity contribution in [3.63, 3.8) is 0 Å². The van der Waals surface area contributed by atoms with Gasteiger partial charge in [-0.3, -0.25) is 14.5 Å². The highest BCUT2D eigenvalue weighted by molar-refractivity contribution is 6.39. The molecule has 2 rings (SSSR count). The molecule has 0 spiro atoms. The summed E-state index contributed by atoms with van der Waals surface area (Å²) in [6.45, 7) is 6.17. The number of rotatable bonds is 7. The largest absolute Gasteiger partial charge is 0.348 e. The molecule has 0 fully saturated rings. The molecule has 2 N–H and O–H groups in total. The highest BCUT2D eigenvalue weighted by atomic mass is 35.5. The first kappa shape index (κ1) is 22.2. The van der Waals surface area contributed by atoms with Gasteiger partial charge in [-0.05, 0) is 56.6 Å². The van der Waals surface area contributed by atoms with Gasteiger partial charge in [-0.15, -0.1) is 0 Å². The first-order valence-corrected chi connectivity index (χ1v) is 9.72. The van der Waals surface area contributed by atoms with E-state index in [0.717, 1.165) is 5.56 Å². The van der Waals surface area contributed by atoms with Crippen molar-refractivity contribution < 1.29 is 9.59 Å². The van der Waals surface area contributed by atoms with E-state index in [9.17, 15) is 9.59 Å². The number of hydrogen-bond donors (Lipinski definition) is 2. The zero-order chi connectivity index (χ0) is 20.8. The standard InChI is InChI=1S/C21H25Cl2N3O2/c1-13-8-9-16(10-14(13)2)15(3)24-19(27)11-26(4)12-20(28)25-21-17(22)6-5-7-18(21)23/h5-10,15H,11-12H2,1-4H3,(H,24,27)(H,25,28). The van der Waals surface area contributed by atoms with Gasteiger partial charge in [-0.25, -0.2) is 0 Å². The second-order valence-corrected chi connectivity index (χ2v) is 7.76. The Hall–Kier alpha value is -2.08. The van der Waals surface area contributed by atoms with E-state index in [1.54, 1.807) is 30.1 Å². The molecular weight excluding hydrogens is 397 g/mol. The molecule has 2 amide bonds.